The van der Waals surface area contributed by atoms with Crippen LogP contribution in [0.2, 0.25) is 0 Å². The van der Waals surface area contributed by atoms with Crippen LogP contribution in [0.3, 0.4) is 0 Å². The van der Waals surface area contributed by atoms with E-state index in [9.17, 15) is 9.59 Å². The summed E-state index contributed by atoms with van der Waals surface area (Å²) in [5.41, 5.74) is 7.28. The third-order valence-electron chi connectivity index (χ3n) is 5.19. The number of hydrogen-bond acceptors (Lipinski definition) is 5. The topological polar surface area (TPSA) is 90.6 Å². The van der Waals surface area contributed by atoms with Crippen LogP contribution in [-0.2, 0) is 24.7 Å². The van der Waals surface area contributed by atoms with Crippen LogP contribution in [0.5, 0.6) is 0 Å². The number of rotatable bonds is 7. The first-order valence-corrected chi connectivity index (χ1v) is 11.5. The summed E-state index contributed by atoms with van der Waals surface area (Å²) in [5, 5.41) is 2.28. The Morgan fingerprint density at radius 2 is 1.56 bits per heavy atom. The van der Waals surface area contributed by atoms with E-state index in [2.05, 4.69) is 77.6 Å². The van der Waals surface area contributed by atoms with E-state index in [1.54, 1.807) is 6.92 Å². The number of carbonyl (C=O) groups is 2. The molecular formula is C26H38N2O4. The van der Waals surface area contributed by atoms with Gasteiger partial charge in [0.1, 0.15) is 12.1 Å². The van der Waals surface area contributed by atoms with Crippen LogP contribution >= 0.6 is 0 Å². The third kappa shape index (κ3) is 7.46. The molecule has 1 aliphatic rings. The van der Waals surface area contributed by atoms with Crippen molar-refractivity contribution >= 4 is 11.9 Å². The fraction of sp³-hybridized carbons (Fsp3) is 0.462. The van der Waals surface area contributed by atoms with Crippen LogP contribution in [0, 0.1) is 5.92 Å². The van der Waals surface area contributed by atoms with Crippen LogP contribution in [0.25, 0.3) is 0 Å². The molecule has 1 amide bonds. The van der Waals surface area contributed by atoms with Crippen molar-refractivity contribution in [1.82, 2.24) is 5.32 Å². The molecule has 0 aromatic heterocycles. The third-order valence-corrected chi connectivity index (χ3v) is 5.19. The average Bonchev–Trinajstić information content (AvgIpc) is 3.30. The minimum atomic E-state index is -0.450. The van der Waals surface area contributed by atoms with Crippen molar-refractivity contribution < 1.29 is 19.1 Å². The number of ether oxygens (including phenoxy) is 2. The number of esters is 1. The first-order valence-electron chi connectivity index (χ1n) is 11.5. The molecule has 2 aromatic carbocycles. The highest BCUT2D eigenvalue weighted by Gasteiger charge is 2.45. The van der Waals surface area contributed by atoms with Gasteiger partial charge in [0.05, 0.1) is 13.2 Å². The lowest BCUT2D eigenvalue weighted by atomic mass is 9.75. The van der Waals surface area contributed by atoms with Gasteiger partial charge < -0.3 is 20.5 Å². The first kappa shape index (κ1) is 27.3. The van der Waals surface area contributed by atoms with Gasteiger partial charge in [0.15, 0.2) is 0 Å². The standard InChI is InChI=1S/C18H20O.C6H12N2O3.C2H6/c1-2-15-13-14-19-18(15,16-9-5-3-6-10-16)17-11-7-4-8-12-17;1-2-11-6(10)4-8-5(9)3-7;1-2/h3-12,15H,2,13-14H2,1H3;2-4,7H2,1H3,(H,8,9);1-2H3. The summed E-state index contributed by atoms with van der Waals surface area (Å²) < 4.78 is 10.9. The summed E-state index contributed by atoms with van der Waals surface area (Å²) in [4.78, 5) is 21.1. The number of hydrogen-bond donors (Lipinski definition) is 2. The minimum absolute atomic E-state index is 0.107. The van der Waals surface area contributed by atoms with Crippen molar-refractivity contribution in [2.45, 2.75) is 46.1 Å². The van der Waals surface area contributed by atoms with Crippen molar-refractivity contribution in [3.8, 4) is 0 Å². The lowest BCUT2D eigenvalue weighted by Crippen LogP contribution is -2.35. The second kappa shape index (κ2) is 15.2. The Labute approximate surface area is 192 Å². The van der Waals surface area contributed by atoms with E-state index in [0.29, 0.717) is 12.5 Å². The zero-order chi connectivity index (χ0) is 23.8. The fourth-order valence-corrected chi connectivity index (χ4v) is 3.81. The maximum absolute atomic E-state index is 10.6. The molecule has 1 atom stereocenters. The van der Waals surface area contributed by atoms with E-state index in [-0.39, 0.29) is 24.6 Å². The molecular weight excluding hydrogens is 404 g/mol. The van der Waals surface area contributed by atoms with Crippen LogP contribution in [0.4, 0.5) is 0 Å². The Hall–Kier alpha value is -2.70. The van der Waals surface area contributed by atoms with Gasteiger partial charge >= 0.3 is 5.97 Å². The molecule has 0 radical (unpaired) electrons. The molecule has 1 unspecified atom stereocenters. The van der Waals surface area contributed by atoms with E-state index >= 15 is 0 Å². The smallest absolute Gasteiger partial charge is 0.325 e. The van der Waals surface area contributed by atoms with E-state index < -0.39 is 5.97 Å². The summed E-state index contributed by atoms with van der Waals surface area (Å²) >= 11 is 0. The van der Waals surface area contributed by atoms with Crippen LogP contribution in [0.1, 0.15) is 51.7 Å². The van der Waals surface area contributed by atoms with Crippen molar-refractivity contribution in [3.63, 3.8) is 0 Å². The summed E-state index contributed by atoms with van der Waals surface area (Å²) in [6.45, 7) is 8.91. The number of nitrogens with one attached hydrogen (secondary N) is 1. The Morgan fingerprint density at radius 1 is 1.03 bits per heavy atom. The predicted octanol–water partition coefficient (Wildman–Crippen LogP) is 4.03. The zero-order valence-corrected chi connectivity index (χ0v) is 19.8. The fourth-order valence-electron chi connectivity index (χ4n) is 3.81. The Balaban J connectivity index is 0.000000340. The largest absolute Gasteiger partial charge is 0.465 e. The highest BCUT2D eigenvalue weighted by Crippen LogP contribution is 2.47. The monoisotopic (exact) mass is 442 g/mol. The van der Waals surface area contributed by atoms with Gasteiger partial charge in [-0.3, -0.25) is 9.59 Å². The molecule has 32 heavy (non-hydrogen) atoms. The lowest BCUT2D eigenvalue weighted by Gasteiger charge is -2.35. The molecule has 176 valence electrons. The zero-order valence-electron chi connectivity index (χ0n) is 19.8. The van der Waals surface area contributed by atoms with Crippen molar-refractivity contribution in [2.24, 2.45) is 11.7 Å². The molecule has 6 heteroatoms. The van der Waals surface area contributed by atoms with Crippen molar-refractivity contribution in [2.75, 3.05) is 26.3 Å². The minimum Gasteiger partial charge on any atom is -0.465 e. The first-order chi connectivity index (χ1) is 15.6. The second-order valence-corrected chi connectivity index (χ2v) is 7.00. The van der Waals surface area contributed by atoms with Crippen LogP contribution in [-0.4, -0.2) is 38.2 Å². The lowest BCUT2D eigenvalue weighted by molar-refractivity contribution is -0.143. The van der Waals surface area contributed by atoms with Gasteiger partial charge in [-0.1, -0.05) is 81.4 Å². The molecule has 3 rings (SSSR count). The number of carbonyl (C=O) groups excluding carboxylic acids is 2. The molecule has 1 heterocycles. The Kier molecular flexibility index (Phi) is 12.9. The molecule has 3 N–H and O–H groups in total. The quantitative estimate of drug-likeness (QED) is 0.632. The van der Waals surface area contributed by atoms with E-state index in [4.69, 9.17) is 10.5 Å². The second-order valence-electron chi connectivity index (χ2n) is 7.00. The summed E-state index contributed by atoms with van der Waals surface area (Å²) in [6, 6.07) is 21.3. The molecule has 0 spiro atoms. The normalized spacial score (nSPS) is 16.0. The van der Waals surface area contributed by atoms with Crippen LogP contribution in [0.15, 0.2) is 60.7 Å². The van der Waals surface area contributed by atoms with Crippen LogP contribution < -0.4 is 11.1 Å². The van der Waals surface area contributed by atoms with Gasteiger partial charge in [-0.2, -0.15) is 0 Å². The van der Waals surface area contributed by atoms with E-state index in [1.807, 2.05) is 13.8 Å². The van der Waals surface area contributed by atoms with Gasteiger partial charge in [-0.25, -0.2) is 0 Å². The summed E-state index contributed by atoms with van der Waals surface area (Å²) in [7, 11) is 0. The van der Waals surface area contributed by atoms with Crippen molar-refractivity contribution in [1.29, 1.82) is 0 Å². The molecule has 0 aliphatic carbocycles. The van der Waals surface area contributed by atoms with E-state index in [0.717, 1.165) is 19.4 Å². The SMILES string of the molecule is CC.CCC1CCOC1(c1ccccc1)c1ccccc1.CCOC(=O)CNC(=O)CN. The molecule has 1 fully saturated rings. The highest BCUT2D eigenvalue weighted by atomic mass is 16.5. The van der Waals surface area contributed by atoms with Gasteiger partial charge in [0.25, 0.3) is 0 Å². The maximum atomic E-state index is 10.6. The summed E-state index contributed by atoms with van der Waals surface area (Å²) in [5.74, 6) is -0.260. The van der Waals surface area contributed by atoms with Gasteiger partial charge in [-0.05, 0) is 36.8 Å². The molecule has 2 aromatic rings. The average molecular weight is 443 g/mol. The van der Waals surface area contributed by atoms with E-state index in [1.165, 1.54) is 11.1 Å². The summed E-state index contributed by atoms with van der Waals surface area (Å²) in [6.07, 6.45) is 2.28. The van der Waals surface area contributed by atoms with Crippen molar-refractivity contribution in [3.05, 3.63) is 71.8 Å². The maximum Gasteiger partial charge on any atom is 0.325 e. The Morgan fingerprint density at radius 3 is 2.00 bits per heavy atom. The predicted molar refractivity (Wildman–Crippen MR) is 128 cm³/mol. The van der Waals surface area contributed by atoms with Gasteiger partial charge in [-0.15, -0.1) is 0 Å². The van der Waals surface area contributed by atoms with Gasteiger partial charge in [0, 0.05) is 6.61 Å². The Bertz CT molecular complexity index is 741. The van der Waals surface area contributed by atoms with Gasteiger partial charge in [0.2, 0.25) is 5.91 Å². The number of benzene rings is 2. The molecule has 0 saturated carbocycles. The molecule has 1 aliphatic heterocycles. The molecule has 1 saturated heterocycles. The molecule has 6 nitrogen and oxygen atoms in total. The highest BCUT2D eigenvalue weighted by molar-refractivity contribution is 5.82. The number of amides is 1. The number of nitrogens with two attached hydrogens (primary N) is 1. The molecule has 0 bridgehead atoms.